The van der Waals surface area contributed by atoms with Gasteiger partial charge in [-0.3, -0.25) is 14.3 Å². The normalized spacial score (nSPS) is 16.4. The van der Waals surface area contributed by atoms with E-state index in [1.54, 1.807) is 23.5 Å². The van der Waals surface area contributed by atoms with Crippen LogP contribution < -0.4 is 10.2 Å². The van der Waals surface area contributed by atoms with Crippen LogP contribution >= 0.6 is 11.3 Å². The van der Waals surface area contributed by atoms with Gasteiger partial charge in [-0.1, -0.05) is 6.07 Å². The summed E-state index contributed by atoms with van der Waals surface area (Å²) in [5.74, 6) is -1.04. The molecular weight excluding hydrogens is 391 g/mol. The standard InChI is InChI=1S/C21H21FN4O2S/c1-14-11-18(19-3-2-10-29-19)24-26(14)9-8-23-21(28)15-12-20(27)25(13-15)17-6-4-16(22)5-7-17/h2-7,10-11,15H,8-9,12-13H2,1H3,(H,23,28). The van der Waals surface area contributed by atoms with Crippen LogP contribution in [0.5, 0.6) is 0 Å². The van der Waals surface area contributed by atoms with Crippen LogP contribution in [-0.4, -0.2) is 34.7 Å². The number of carbonyl (C=O) groups excluding carboxylic acids is 2. The molecule has 3 heterocycles. The first-order valence-electron chi connectivity index (χ1n) is 9.43. The van der Waals surface area contributed by atoms with E-state index in [1.165, 1.54) is 17.0 Å². The average molecular weight is 412 g/mol. The van der Waals surface area contributed by atoms with Crippen LogP contribution in [0, 0.1) is 18.7 Å². The molecule has 1 N–H and O–H groups in total. The SMILES string of the molecule is Cc1cc(-c2cccs2)nn1CCNC(=O)C1CC(=O)N(c2ccc(F)cc2)C1. The molecule has 2 amide bonds. The number of nitrogens with zero attached hydrogens (tertiary/aromatic N) is 3. The number of nitrogens with one attached hydrogen (secondary N) is 1. The van der Waals surface area contributed by atoms with E-state index in [2.05, 4.69) is 10.4 Å². The Morgan fingerprint density at radius 2 is 2.10 bits per heavy atom. The van der Waals surface area contributed by atoms with Crippen LogP contribution in [0.2, 0.25) is 0 Å². The summed E-state index contributed by atoms with van der Waals surface area (Å²) in [5.41, 5.74) is 2.57. The Labute approximate surface area is 172 Å². The molecule has 1 aliphatic rings. The Hall–Kier alpha value is -3.00. The molecule has 1 saturated heterocycles. The summed E-state index contributed by atoms with van der Waals surface area (Å²) in [4.78, 5) is 27.4. The van der Waals surface area contributed by atoms with E-state index in [9.17, 15) is 14.0 Å². The summed E-state index contributed by atoms with van der Waals surface area (Å²) in [7, 11) is 0. The smallest absolute Gasteiger partial charge is 0.227 e. The molecule has 1 atom stereocenters. The second kappa shape index (κ2) is 8.16. The zero-order chi connectivity index (χ0) is 20.4. The molecule has 0 spiro atoms. The maximum Gasteiger partial charge on any atom is 0.227 e. The summed E-state index contributed by atoms with van der Waals surface area (Å²) >= 11 is 1.64. The number of hydrogen-bond acceptors (Lipinski definition) is 4. The van der Waals surface area contributed by atoms with Gasteiger partial charge in [0.1, 0.15) is 11.5 Å². The van der Waals surface area contributed by atoms with Crippen molar-refractivity contribution in [2.24, 2.45) is 5.92 Å². The third kappa shape index (κ3) is 4.22. The molecule has 0 bridgehead atoms. The number of anilines is 1. The Morgan fingerprint density at radius 1 is 1.31 bits per heavy atom. The van der Waals surface area contributed by atoms with E-state index >= 15 is 0 Å². The molecule has 4 rings (SSSR count). The molecule has 1 unspecified atom stereocenters. The number of benzene rings is 1. The highest BCUT2D eigenvalue weighted by Gasteiger charge is 2.34. The fourth-order valence-corrected chi connectivity index (χ4v) is 4.15. The number of aryl methyl sites for hydroxylation is 1. The molecule has 0 aliphatic carbocycles. The third-order valence-electron chi connectivity index (χ3n) is 5.01. The minimum atomic E-state index is -0.409. The van der Waals surface area contributed by atoms with Crippen LogP contribution in [0.25, 0.3) is 10.6 Å². The van der Waals surface area contributed by atoms with Gasteiger partial charge in [0.25, 0.3) is 0 Å². The molecule has 1 fully saturated rings. The molecular formula is C21H21FN4O2S. The first-order chi connectivity index (χ1) is 14.0. The maximum atomic E-state index is 13.1. The van der Waals surface area contributed by atoms with E-state index in [0.717, 1.165) is 16.3 Å². The highest BCUT2D eigenvalue weighted by molar-refractivity contribution is 7.13. The lowest BCUT2D eigenvalue weighted by molar-refractivity contribution is -0.126. The van der Waals surface area contributed by atoms with Crippen LogP contribution in [0.3, 0.4) is 0 Å². The minimum Gasteiger partial charge on any atom is -0.354 e. The Balaban J connectivity index is 1.31. The Kier molecular flexibility index (Phi) is 5.44. The summed E-state index contributed by atoms with van der Waals surface area (Å²) in [6.07, 6.45) is 0.159. The number of hydrogen-bond donors (Lipinski definition) is 1. The van der Waals surface area contributed by atoms with E-state index in [1.807, 2.05) is 35.2 Å². The fraction of sp³-hybridized carbons (Fsp3) is 0.286. The second-order valence-electron chi connectivity index (χ2n) is 7.04. The summed E-state index contributed by atoms with van der Waals surface area (Å²) in [5, 5.41) is 9.53. The highest BCUT2D eigenvalue weighted by Crippen LogP contribution is 2.26. The predicted octanol–water partition coefficient (Wildman–Crippen LogP) is 3.23. The van der Waals surface area contributed by atoms with Crippen molar-refractivity contribution in [3.05, 3.63) is 59.4 Å². The number of thiophene rings is 1. The number of carbonyl (C=O) groups is 2. The number of halogens is 1. The molecule has 3 aromatic rings. The van der Waals surface area contributed by atoms with Crippen molar-refractivity contribution >= 4 is 28.8 Å². The quantitative estimate of drug-likeness (QED) is 0.676. The fourth-order valence-electron chi connectivity index (χ4n) is 3.46. The van der Waals surface area contributed by atoms with Crippen molar-refractivity contribution in [2.45, 2.75) is 19.9 Å². The highest BCUT2D eigenvalue weighted by atomic mass is 32.1. The lowest BCUT2D eigenvalue weighted by Gasteiger charge is -2.16. The van der Waals surface area contributed by atoms with Gasteiger partial charge in [-0.15, -0.1) is 11.3 Å². The monoisotopic (exact) mass is 412 g/mol. The Bertz CT molecular complexity index is 1010. The zero-order valence-corrected chi connectivity index (χ0v) is 16.8. The van der Waals surface area contributed by atoms with E-state index < -0.39 is 5.92 Å². The van der Waals surface area contributed by atoms with E-state index in [0.29, 0.717) is 25.3 Å². The maximum absolute atomic E-state index is 13.1. The van der Waals surface area contributed by atoms with Crippen LogP contribution in [0.4, 0.5) is 10.1 Å². The van der Waals surface area contributed by atoms with Gasteiger partial charge in [-0.2, -0.15) is 5.10 Å². The first kappa shape index (κ1) is 19.3. The average Bonchev–Trinajstić information content (AvgIpc) is 3.43. The molecule has 6 nitrogen and oxygen atoms in total. The van der Waals surface area contributed by atoms with Crippen molar-refractivity contribution in [1.82, 2.24) is 15.1 Å². The molecule has 150 valence electrons. The van der Waals surface area contributed by atoms with Gasteiger partial charge in [0.05, 0.1) is 17.3 Å². The lowest BCUT2D eigenvalue weighted by atomic mass is 10.1. The van der Waals surface area contributed by atoms with E-state index in [-0.39, 0.29) is 24.1 Å². The van der Waals surface area contributed by atoms with Crippen molar-refractivity contribution in [1.29, 1.82) is 0 Å². The van der Waals surface area contributed by atoms with Crippen molar-refractivity contribution in [3.63, 3.8) is 0 Å². The molecule has 8 heteroatoms. The number of amides is 2. The van der Waals surface area contributed by atoms with Gasteiger partial charge in [0, 0.05) is 30.9 Å². The Morgan fingerprint density at radius 3 is 2.83 bits per heavy atom. The van der Waals surface area contributed by atoms with Gasteiger partial charge in [-0.25, -0.2) is 4.39 Å². The topological polar surface area (TPSA) is 67.2 Å². The van der Waals surface area contributed by atoms with Gasteiger partial charge >= 0.3 is 0 Å². The third-order valence-corrected chi connectivity index (χ3v) is 5.90. The number of aromatic nitrogens is 2. The summed E-state index contributed by atoms with van der Waals surface area (Å²) in [6, 6.07) is 11.8. The molecule has 29 heavy (non-hydrogen) atoms. The van der Waals surface area contributed by atoms with Crippen molar-refractivity contribution < 1.29 is 14.0 Å². The molecule has 0 radical (unpaired) electrons. The second-order valence-corrected chi connectivity index (χ2v) is 7.99. The van der Waals surface area contributed by atoms with Gasteiger partial charge in [0.2, 0.25) is 11.8 Å². The first-order valence-corrected chi connectivity index (χ1v) is 10.3. The van der Waals surface area contributed by atoms with Crippen molar-refractivity contribution in [3.8, 4) is 10.6 Å². The zero-order valence-electron chi connectivity index (χ0n) is 16.0. The van der Waals surface area contributed by atoms with Crippen molar-refractivity contribution in [2.75, 3.05) is 18.0 Å². The van der Waals surface area contributed by atoms with Gasteiger partial charge < -0.3 is 10.2 Å². The molecule has 0 saturated carbocycles. The molecule has 1 aliphatic heterocycles. The lowest BCUT2D eigenvalue weighted by Crippen LogP contribution is -2.35. The van der Waals surface area contributed by atoms with Gasteiger partial charge in [-0.05, 0) is 48.7 Å². The van der Waals surface area contributed by atoms with Gasteiger partial charge in [0.15, 0.2) is 0 Å². The molecule has 1 aromatic carbocycles. The van der Waals surface area contributed by atoms with Crippen LogP contribution in [0.1, 0.15) is 12.1 Å². The summed E-state index contributed by atoms with van der Waals surface area (Å²) < 4.78 is 15.0. The van der Waals surface area contributed by atoms with Crippen LogP contribution in [0.15, 0.2) is 47.8 Å². The largest absolute Gasteiger partial charge is 0.354 e. The number of rotatable bonds is 6. The molecule has 2 aromatic heterocycles. The van der Waals surface area contributed by atoms with Crippen LogP contribution in [-0.2, 0) is 16.1 Å². The summed E-state index contributed by atoms with van der Waals surface area (Å²) in [6.45, 7) is 3.29. The predicted molar refractivity (Wildman–Crippen MR) is 110 cm³/mol. The van der Waals surface area contributed by atoms with E-state index in [4.69, 9.17) is 0 Å². The minimum absolute atomic E-state index is 0.125.